The summed E-state index contributed by atoms with van der Waals surface area (Å²) in [6.45, 7) is -0.258. The number of nitrogens with one attached hydrogen (secondary N) is 1. The lowest BCUT2D eigenvalue weighted by molar-refractivity contribution is -0.118. The number of benzene rings is 2. The standard InChI is InChI=1S/C16H12Cl2N2O4S2/c1-26(22,23)10-3-4-12-14(7-10)25-16(19-12)20-15(21)8-24-13-5-2-9(17)6-11(13)18/h2-7H,8H2,1H3,(H,19,20,21). The molecule has 0 bridgehead atoms. The lowest BCUT2D eigenvalue weighted by Crippen LogP contribution is -2.20. The number of aromatic nitrogens is 1. The van der Waals surface area contributed by atoms with Gasteiger partial charge < -0.3 is 4.74 Å². The highest BCUT2D eigenvalue weighted by atomic mass is 35.5. The van der Waals surface area contributed by atoms with Gasteiger partial charge >= 0.3 is 0 Å². The average molecular weight is 431 g/mol. The number of hydrogen-bond acceptors (Lipinski definition) is 6. The lowest BCUT2D eigenvalue weighted by Gasteiger charge is -2.07. The Labute approximate surface area is 163 Å². The summed E-state index contributed by atoms with van der Waals surface area (Å²) in [6, 6.07) is 9.30. The maximum Gasteiger partial charge on any atom is 0.264 e. The number of fused-ring (bicyclic) bond motifs is 1. The number of amides is 1. The zero-order valence-corrected chi connectivity index (χ0v) is 16.5. The van der Waals surface area contributed by atoms with Gasteiger partial charge in [0.15, 0.2) is 21.6 Å². The van der Waals surface area contributed by atoms with Crippen LogP contribution in [0.3, 0.4) is 0 Å². The molecule has 3 aromatic rings. The summed E-state index contributed by atoms with van der Waals surface area (Å²) in [5, 5.41) is 3.74. The van der Waals surface area contributed by atoms with Crippen LogP contribution in [0.2, 0.25) is 10.0 Å². The Hall–Kier alpha value is -1.87. The molecule has 136 valence electrons. The van der Waals surface area contributed by atoms with E-state index in [1.54, 1.807) is 18.2 Å². The molecule has 26 heavy (non-hydrogen) atoms. The number of thiazole rings is 1. The fourth-order valence-corrected chi connectivity index (χ4v) is 4.19. The molecule has 0 aliphatic heterocycles. The first-order valence-electron chi connectivity index (χ1n) is 7.21. The molecule has 0 spiro atoms. The summed E-state index contributed by atoms with van der Waals surface area (Å²) < 4.78 is 29.2. The molecule has 0 aliphatic rings. The van der Waals surface area contributed by atoms with E-state index in [-0.39, 0.29) is 11.5 Å². The van der Waals surface area contributed by atoms with Crippen molar-refractivity contribution in [2.45, 2.75) is 4.90 Å². The van der Waals surface area contributed by atoms with Gasteiger partial charge in [-0.25, -0.2) is 13.4 Å². The van der Waals surface area contributed by atoms with Crippen molar-refractivity contribution in [3.05, 3.63) is 46.4 Å². The van der Waals surface area contributed by atoms with Gasteiger partial charge in [0.05, 0.1) is 20.1 Å². The molecule has 6 nitrogen and oxygen atoms in total. The summed E-state index contributed by atoms with van der Waals surface area (Å²) in [7, 11) is -3.30. The summed E-state index contributed by atoms with van der Waals surface area (Å²) in [5.74, 6) is -0.0771. The van der Waals surface area contributed by atoms with Gasteiger partial charge in [-0.1, -0.05) is 34.5 Å². The molecule has 2 aromatic carbocycles. The number of ether oxygens (including phenoxy) is 1. The van der Waals surface area contributed by atoms with Crippen LogP contribution in [-0.4, -0.2) is 32.2 Å². The second-order valence-electron chi connectivity index (χ2n) is 5.33. The predicted octanol–water partition coefficient (Wildman–Crippen LogP) is 4.02. The first-order valence-corrected chi connectivity index (χ1v) is 10.7. The van der Waals surface area contributed by atoms with E-state index in [4.69, 9.17) is 27.9 Å². The van der Waals surface area contributed by atoms with Gasteiger partial charge in [0.2, 0.25) is 0 Å². The van der Waals surface area contributed by atoms with Gasteiger partial charge in [0.25, 0.3) is 5.91 Å². The van der Waals surface area contributed by atoms with Gasteiger partial charge in [0.1, 0.15) is 5.75 Å². The van der Waals surface area contributed by atoms with Gasteiger partial charge in [-0.05, 0) is 36.4 Å². The number of nitrogens with zero attached hydrogens (tertiary/aromatic N) is 1. The number of anilines is 1. The molecule has 1 amide bonds. The number of hydrogen-bond donors (Lipinski definition) is 1. The van der Waals surface area contributed by atoms with Gasteiger partial charge in [-0.15, -0.1) is 0 Å². The lowest BCUT2D eigenvalue weighted by atomic mass is 10.3. The predicted molar refractivity (Wildman–Crippen MR) is 103 cm³/mol. The van der Waals surface area contributed by atoms with Crippen LogP contribution in [0, 0.1) is 0 Å². The maximum atomic E-state index is 12.0. The molecule has 1 heterocycles. The Morgan fingerprint density at radius 1 is 1.23 bits per heavy atom. The van der Waals surface area contributed by atoms with Crippen LogP contribution in [0.25, 0.3) is 10.2 Å². The Balaban J connectivity index is 1.69. The average Bonchev–Trinajstić information content (AvgIpc) is 2.94. The van der Waals surface area contributed by atoms with E-state index >= 15 is 0 Å². The number of carbonyl (C=O) groups is 1. The number of carbonyl (C=O) groups excluding carboxylic acids is 1. The van der Waals surface area contributed by atoms with Crippen molar-refractivity contribution in [1.29, 1.82) is 0 Å². The molecule has 10 heteroatoms. The fraction of sp³-hybridized carbons (Fsp3) is 0.125. The van der Waals surface area contributed by atoms with Gasteiger partial charge in [0, 0.05) is 11.3 Å². The van der Waals surface area contributed by atoms with E-state index in [2.05, 4.69) is 10.3 Å². The molecule has 0 radical (unpaired) electrons. The molecule has 0 atom stereocenters. The molecule has 1 aromatic heterocycles. The smallest absolute Gasteiger partial charge is 0.264 e. The van der Waals surface area contributed by atoms with Crippen molar-refractivity contribution in [3.63, 3.8) is 0 Å². The minimum Gasteiger partial charge on any atom is -0.482 e. The van der Waals surface area contributed by atoms with E-state index in [0.717, 1.165) is 6.26 Å². The van der Waals surface area contributed by atoms with Gasteiger partial charge in [-0.3, -0.25) is 10.1 Å². The topological polar surface area (TPSA) is 85.4 Å². The summed E-state index contributed by atoms with van der Waals surface area (Å²) in [6.07, 6.45) is 1.14. The zero-order chi connectivity index (χ0) is 18.9. The van der Waals surface area contributed by atoms with Crippen LogP contribution < -0.4 is 10.1 Å². The Morgan fingerprint density at radius 3 is 2.69 bits per heavy atom. The first-order chi connectivity index (χ1) is 12.2. The second-order valence-corrected chi connectivity index (χ2v) is 9.22. The molecule has 0 saturated carbocycles. The number of sulfone groups is 1. The van der Waals surface area contributed by atoms with E-state index < -0.39 is 15.7 Å². The molecule has 0 fully saturated rings. The van der Waals surface area contributed by atoms with Crippen LogP contribution in [-0.2, 0) is 14.6 Å². The molecular formula is C16H12Cl2N2O4S2. The van der Waals surface area contributed by atoms with Crippen molar-refractivity contribution in [3.8, 4) is 5.75 Å². The van der Waals surface area contributed by atoms with Gasteiger partial charge in [-0.2, -0.15) is 0 Å². The fourth-order valence-electron chi connectivity index (χ4n) is 2.08. The van der Waals surface area contributed by atoms with Crippen LogP contribution >= 0.6 is 34.5 Å². The van der Waals surface area contributed by atoms with E-state index in [9.17, 15) is 13.2 Å². The minimum atomic E-state index is -3.30. The molecular weight excluding hydrogens is 419 g/mol. The molecule has 3 rings (SSSR count). The highest BCUT2D eigenvalue weighted by Crippen LogP contribution is 2.29. The van der Waals surface area contributed by atoms with Crippen LogP contribution in [0.4, 0.5) is 5.13 Å². The highest BCUT2D eigenvalue weighted by Gasteiger charge is 2.13. The zero-order valence-electron chi connectivity index (χ0n) is 13.3. The molecule has 0 saturated heterocycles. The minimum absolute atomic E-state index is 0.201. The van der Waals surface area contributed by atoms with Crippen molar-refractivity contribution in [1.82, 2.24) is 4.98 Å². The third-order valence-electron chi connectivity index (χ3n) is 3.29. The van der Waals surface area contributed by atoms with Crippen molar-refractivity contribution in [2.24, 2.45) is 0 Å². The normalized spacial score (nSPS) is 11.5. The Morgan fingerprint density at radius 2 is 2.00 bits per heavy atom. The third-order valence-corrected chi connectivity index (χ3v) is 5.86. The van der Waals surface area contributed by atoms with Crippen molar-refractivity contribution < 1.29 is 17.9 Å². The Bertz CT molecular complexity index is 1100. The largest absolute Gasteiger partial charge is 0.482 e. The van der Waals surface area contributed by atoms with Crippen LogP contribution in [0.1, 0.15) is 0 Å². The first kappa shape index (κ1) is 18.9. The SMILES string of the molecule is CS(=O)(=O)c1ccc2nc(NC(=O)COc3ccc(Cl)cc3Cl)sc2c1. The van der Waals surface area contributed by atoms with E-state index in [1.807, 2.05) is 0 Å². The summed E-state index contributed by atoms with van der Waals surface area (Å²) >= 11 is 13.0. The van der Waals surface area contributed by atoms with Crippen LogP contribution in [0.5, 0.6) is 5.75 Å². The maximum absolute atomic E-state index is 12.0. The quantitative estimate of drug-likeness (QED) is 0.660. The van der Waals surface area contributed by atoms with Crippen molar-refractivity contribution in [2.75, 3.05) is 18.2 Å². The van der Waals surface area contributed by atoms with Crippen LogP contribution in [0.15, 0.2) is 41.3 Å². The molecule has 0 unspecified atom stereocenters. The van der Waals surface area contributed by atoms with E-state index in [0.29, 0.717) is 31.1 Å². The summed E-state index contributed by atoms with van der Waals surface area (Å²) in [5.41, 5.74) is 0.597. The molecule has 0 aliphatic carbocycles. The summed E-state index contributed by atoms with van der Waals surface area (Å²) in [4.78, 5) is 16.5. The monoisotopic (exact) mass is 430 g/mol. The molecule has 1 N–H and O–H groups in total. The van der Waals surface area contributed by atoms with Crippen molar-refractivity contribution >= 4 is 65.6 Å². The Kier molecular flexibility index (Phi) is 5.38. The number of rotatable bonds is 5. The third kappa shape index (κ3) is 4.45. The van der Waals surface area contributed by atoms with E-state index in [1.165, 1.54) is 29.5 Å². The highest BCUT2D eigenvalue weighted by molar-refractivity contribution is 7.90. The second kappa shape index (κ2) is 7.40. The number of halogens is 2.